The summed E-state index contributed by atoms with van der Waals surface area (Å²) >= 11 is 5.63. The molecule has 2 fully saturated rings. The number of halogens is 1. The van der Waals surface area contributed by atoms with Crippen molar-refractivity contribution in [2.24, 2.45) is 0 Å². The van der Waals surface area contributed by atoms with Crippen molar-refractivity contribution in [2.75, 3.05) is 57.5 Å². The summed E-state index contributed by atoms with van der Waals surface area (Å²) in [6, 6.07) is 23.9. The molecule has 0 unspecified atom stereocenters. The molecule has 0 spiro atoms. The SMILES string of the molecule is CN1CCC(C(=O)Nc2ccc(N(C)C)cc2)(N(Cc2ccccc2F)C(=O)CN2C[C@H](c3ccccc3)NC2=S)CC1. The zero-order chi connectivity index (χ0) is 30.6. The smallest absolute Gasteiger partial charge is 0.250 e. The van der Waals surface area contributed by atoms with Crippen LogP contribution in [0, 0.1) is 5.82 Å². The summed E-state index contributed by atoms with van der Waals surface area (Å²) in [5, 5.41) is 6.89. The Morgan fingerprint density at radius 1 is 1.00 bits per heavy atom. The highest BCUT2D eigenvalue weighted by Gasteiger charge is 2.48. The zero-order valence-electron chi connectivity index (χ0n) is 24.9. The van der Waals surface area contributed by atoms with E-state index in [2.05, 4.69) is 15.5 Å². The molecule has 2 saturated heterocycles. The number of hydrogen-bond donors (Lipinski definition) is 2. The Labute approximate surface area is 258 Å². The molecule has 2 amide bonds. The number of thiocarbonyl (C=S) groups is 1. The standard InChI is InChI=1S/C33H39FN6O2S/c1-37(2)27-15-13-26(14-16-27)35-31(42)33(17-19-38(3)20-18-33)40(21-25-11-7-8-12-28(25)34)30(41)23-39-22-29(36-32(39)43)24-9-5-4-6-10-24/h4-16,29H,17-23H2,1-3H3,(H,35,42)(H,36,43)/t29-/m1/s1. The third-order valence-electron chi connectivity index (χ3n) is 8.50. The minimum absolute atomic E-state index is 0.0218. The van der Waals surface area contributed by atoms with E-state index in [9.17, 15) is 9.59 Å². The highest BCUT2D eigenvalue weighted by atomic mass is 32.1. The number of carbonyl (C=O) groups excluding carboxylic acids is 2. The predicted molar refractivity (Wildman–Crippen MR) is 172 cm³/mol. The van der Waals surface area contributed by atoms with Gasteiger partial charge in [0.2, 0.25) is 11.8 Å². The fraction of sp³-hybridized carbons (Fsp3) is 0.364. The van der Waals surface area contributed by atoms with Gasteiger partial charge in [-0.25, -0.2) is 4.39 Å². The first kappa shape index (κ1) is 30.4. The molecular weight excluding hydrogens is 563 g/mol. The van der Waals surface area contributed by atoms with Gasteiger partial charge in [-0.1, -0.05) is 48.5 Å². The number of benzene rings is 3. The molecule has 43 heavy (non-hydrogen) atoms. The fourth-order valence-electron chi connectivity index (χ4n) is 5.82. The summed E-state index contributed by atoms with van der Waals surface area (Å²) in [6.07, 6.45) is 0.835. The lowest BCUT2D eigenvalue weighted by Crippen LogP contribution is -2.64. The number of carbonyl (C=O) groups is 2. The van der Waals surface area contributed by atoms with Crippen molar-refractivity contribution in [3.63, 3.8) is 0 Å². The van der Waals surface area contributed by atoms with E-state index in [-0.39, 0.29) is 30.9 Å². The molecule has 0 bridgehead atoms. The zero-order valence-corrected chi connectivity index (χ0v) is 25.7. The van der Waals surface area contributed by atoms with Crippen molar-refractivity contribution >= 4 is 40.5 Å². The molecule has 0 aliphatic carbocycles. The molecule has 2 aliphatic rings. The summed E-state index contributed by atoms with van der Waals surface area (Å²) in [5.74, 6) is -0.957. The third kappa shape index (κ3) is 6.81. The predicted octanol–water partition coefficient (Wildman–Crippen LogP) is 4.25. The van der Waals surface area contributed by atoms with Gasteiger partial charge < -0.3 is 30.2 Å². The summed E-state index contributed by atoms with van der Waals surface area (Å²) in [4.78, 5) is 36.2. The second-order valence-electron chi connectivity index (χ2n) is 11.6. The van der Waals surface area contributed by atoms with Gasteiger partial charge in [0.25, 0.3) is 0 Å². The number of hydrogen-bond acceptors (Lipinski definition) is 5. The Morgan fingerprint density at radius 3 is 2.30 bits per heavy atom. The van der Waals surface area contributed by atoms with Crippen LogP contribution in [0.25, 0.3) is 0 Å². The number of amides is 2. The van der Waals surface area contributed by atoms with Gasteiger partial charge in [0.05, 0.1) is 12.6 Å². The van der Waals surface area contributed by atoms with Gasteiger partial charge in [-0.15, -0.1) is 0 Å². The Hall–Kier alpha value is -4.02. The van der Waals surface area contributed by atoms with Crippen LogP contribution in [0.1, 0.15) is 30.0 Å². The maximum Gasteiger partial charge on any atom is 0.250 e. The van der Waals surface area contributed by atoms with E-state index in [0.717, 1.165) is 11.3 Å². The van der Waals surface area contributed by atoms with Crippen LogP contribution in [-0.4, -0.2) is 84.5 Å². The molecule has 2 heterocycles. The van der Waals surface area contributed by atoms with Gasteiger partial charge >= 0.3 is 0 Å². The molecule has 2 N–H and O–H groups in total. The number of rotatable bonds is 9. The highest BCUT2D eigenvalue weighted by Crippen LogP contribution is 2.33. The minimum atomic E-state index is -1.18. The molecule has 3 aromatic rings. The van der Waals surface area contributed by atoms with Crippen LogP contribution in [0.4, 0.5) is 15.8 Å². The quantitative estimate of drug-likeness (QED) is 0.355. The van der Waals surface area contributed by atoms with Crippen molar-refractivity contribution in [3.8, 4) is 0 Å². The molecule has 2 aliphatic heterocycles. The van der Waals surface area contributed by atoms with Crippen LogP contribution in [0.3, 0.4) is 0 Å². The number of nitrogens with zero attached hydrogens (tertiary/aromatic N) is 4. The second-order valence-corrected chi connectivity index (χ2v) is 12.0. The van der Waals surface area contributed by atoms with Gasteiger partial charge in [-0.2, -0.15) is 0 Å². The van der Waals surface area contributed by atoms with Crippen LogP contribution >= 0.6 is 12.2 Å². The highest BCUT2D eigenvalue weighted by molar-refractivity contribution is 7.80. The second kappa shape index (κ2) is 13.1. The van der Waals surface area contributed by atoms with E-state index in [1.54, 1.807) is 23.1 Å². The largest absolute Gasteiger partial charge is 0.378 e. The molecule has 10 heteroatoms. The van der Waals surface area contributed by atoms with E-state index >= 15 is 4.39 Å². The average Bonchev–Trinajstić information content (AvgIpc) is 3.37. The van der Waals surface area contributed by atoms with Crippen molar-refractivity contribution in [2.45, 2.75) is 31.0 Å². The number of piperidine rings is 1. The van der Waals surface area contributed by atoms with E-state index in [0.29, 0.717) is 48.8 Å². The summed E-state index contributed by atoms with van der Waals surface area (Å²) in [5.41, 5.74) is 1.91. The number of anilines is 2. The van der Waals surface area contributed by atoms with Crippen LogP contribution in [-0.2, 0) is 16.1 Å². The molecule has 8 nitrogen and oxygen atoms in total. The average molecular weight is 603 g/mol. The van der Waals surface area contributed by atoms with Gasteiger partial charge in [-0.05, 0) is 68.0 Å². The van der Waals surface area contributed by atoms with Crippen LogP contribution < -0.4 is 15.5 Å². The van der Waals surface area contributed by atoms with Crippen LogP contribution in [0.5, 0.6) is 0 Å². The van der Waals surface area contributed by atoms with Crippen molar-refractivity contribution < 1.29 is 14.0 Å². The fourth-order valence-corrected chi connectivity index (χ4v) is 6.10. The first-order valence-corrected chi connectivity index (χ1v) is 15.0. The van der Waals surface area contributed by atoms with Crippen molar-refractivity contribution in [3.05, 3.63) is 95.8 Å². The minimum Gasteiger partial charge on any atom is -0.378 e. The maximum absolute atomic E-state index is 15.0. The Balaban J connectivity index is 1.45. The van der Waals surface area contributed by atoms with Gasteiger partial charge in [0, 0.05) is 57.2 Å². The van der Waals surface area contributed by atoms with Crippen LogP contribution in [0.2, 0.25) is 0 Å². The maximum atomic E-state index is 15.0. The molecule has 1 atom stereocenters. The summed E-state index contributed by atoms with van der Waals surface area (Å²) in [7, 11) is 5.91. The van der Waals surface area contributed by atoms with Crippen molar-refractivity contribution in [1.29, 1.82) is 0 Å². The lowest BCUT2D eigenvalue weighted by molar-refractivity contribution is -0.150. The molecule has 226 valence electrons. The number of nitrogens with one attached hydrogen (secondary N) is 2. The first-order valence-electron chi connectivity index (χ1n) is 14.6. The molecule has 3 aromatic carbocycles. The number of likely N-dealkylation sites (tertiary alicyclic amines) is 1. The van der Waals surface area contributed by atoms with E-state index in [1.165, 1.54) is 6.07 Å². The molecule has 0 radical (unpaired) electrons. The first-order chi connectivity index (χ1) is 20.7. The molecular formula is C33H39FN6O2S. The van der Waals surface area contributed by atoms with E-state index < -0.39 is 11.4 Å². The van der Waals surface area contributed by atoms with Crippen LogP contribution in [0.15, 0.2) is 78.9 Å². The Morgan fingerprint density at radius 2 is 1.65 bits per heavy atom. The van der Waals surface area contributed by atoms with Gasteiger partial charge in [0.15, 0.2) is 5.11 Å². The Bertz CT molecular complexity index is 1440. The Kier molecular flexibility index (Phi) is 9.27. The van der Waals surface area contributed by atoms with E-state index in [1.807, 2.05) is 85.5 Å². The topological polar surface area (TPSA) is 71.2 Å². The molecule has 5 rings (SSSR count). The lowest BCUT2D eigenvalue weighted by Gasteiger charge is -2.47. The van der Waals surface area contributed by atoms with Crippen molar-refractivity contribution in [1.82, 2.24) is 20.0 Å². The monoisotopic (exact) mass is 602 g/mol. The summed E-state index contributed by atoms with van der Waals surface area (Å²) in [6.45, 7) is 1.70. The summed E-state index contributed by atoms with van der Waals surface area (Å²) < 4.78 is 15.0. The molecule has 0 saturated carbocycles. The lowest BCUT2D eigenvalue weighted by atomic mass is 9.83. The molecule has 0 aromatic heterocycles. The van der Waals surface area contributed by atoms with Gasteiger partial charge in [0.1, 0.15) is 11.4 Å². The normalized spacial score (nSPS) is 18.2. The van der Waals surface area contributed by atoms with Gasteiger partial charge in [-0.3, -0.25) is 9.59 Å². The third-order valence-corrected chi connectivity index (χ3v) is 8.87. The van der Waals surface area contributed by atoms with E-state index in [4.69, 9.17) is 12.2 Å².